The fourth-order valence-corrected chi connectivity index (χ4v) is 13.3. The van der Waals surface area contributed by atoms with Gasteiger partial charge in [0.15, 0.2) is 0 Å². The maximum Gasteiger partial charge on any atom is 0.256 e. The first-order valence-corrected chi connectivity index (χ1v) is 27.7. The lowest BCUT2D eigenvalue weighted by Crippen LogP contribution is -2.60. The molecule has 0 N–H and O–H groups in total. The molecule has 0 saturated carbocycles. The quantitative estimate of drug-likeness (QED) is 0.164. The van der Waals surface area contributed by atoms with E-state index in [0.29, 0.717) is 0 Å². The van der Waals surface area contributed by atoms with Gasteiger partial charge in [0.05, 0.1) is 50.2 Å². The number of ether oxygens (including phenoxy) is 1. The Morgan fingerprint density at radius 2 is 0.756 bits per heavy atom. The molecule has 0 amide bonds. The second kappa shape index (κ2) is 16.4. The molecule has 6 heteroatoms. The van der Waals surface area contributed by atoms with Crippen molar-refractivity contribution in [3.05, 3.63) is 223 Å². The van der Waals surface area contributed by atoms with Crippen molar-refractivity contribution >= 4 is 106 Å². The molecule has 0 unspecified atom stereocenters. The van der Waals surface area contributed by atoms with Crippen LogP contribution in [0.1, 0.15) is 79.0 Å². The molecule has 0 bridgehead atoms. The molecule has 378 valence electrons. The summed E-state index contributed by atoms with van der Waals surface area (Å²) in [4.78, 5) is 2.53. The molecule has 0 saturated heterocycles. The highest BCUT2D eigenvalue weighted by Crippen LogP contribution is 2.48. The van der Waals surface area contributed by atoms with E-state index in [1.165, 1.54) is 93.2 Å². The van der Waals surface area contributed by atoms with Gasteiger partial charge in [-0.05, 0) is 116 Å². The molecule has 5 nitrogen and oxygen atoms in total. The number of fused-ring (bicyclic) bond motifs is 13. The first kappa shape index (κ1) is 46.6. The van der Waals surface area contributed by atoms with Crippen molar-refractivity contribution in [3.63, 3.8) is 0 Å². The van der Waals surface area contributed by atoms with Gasteiger partial charge < -0.3 is 23.3 Å². The van der Waals surface area contributed by atoms with Crippen LogP contribution in [0.15, 0.2) is 206 Å². The average molecular weight is 1010 g/mol. The molecule has 0 aliphatic carbocycles. The van der Waals surface area contributed by atoms with Gasteiger partial charge in [0.2, 0.25) is 0 Å². The van der Waals surface area contributed by atoms with Gasteiger partial charge in [-0.25, -0.2) is 0 Å². The normalized spacial score (nSPS) is 13.5. The molecule has 15 rings (SSSR count). The first-order valence-electron chi connectivity index (χ1n) is 27.7. The molecule has 78 heavy (non-hydrogen) atoms. The molecule has 0 fully saturated rings. The van der Waals surface area contributed by atoms with Crippen LogP contribution in [-0.2, 0) is 16.2 Å². The second-order valence-corrected chi connectivity index (χ2v) is 25.0. The monoisotopic (exact) mass is 1010 g/mol. The van der Waals surface area contributed by atoms with Gasteiger partial charge in [0.1, 0.15) is 11.5 Å². The maximum absolute atomic E-state index is 7.50. The highest BCUT2D eigenvalue weighted by molar-refractivity contribution is 6.99. The van der Waals surface area contributed by atoms with Crippen molar-refractivity contribution in [2.75, 3.05) is 4.90 Å². The van der Waals surface area contributed by atoms with E-state index < -0.39 is 0 Å². The molecular weight excluding hydrogens is 948 g/mol. The third-order valence-corrected chi connectivity index (χ3v) is 17.1. The Hall–Kier alpha value is -8.74. The zero-order chi connectivity index (χ0) is 53.1. The molecule has 13 aromatic rings. The zero-order valence-electron chi connectivity index (χ0n) is 45.9. The highest BCUT2D eigenvalue weighted by atomic mass is 16.5. The number of rotatable bonds is 4. The number of anilines is 3. The van der Waals surface area contributed by atoms with Crippen molar-refractivity contribution in [2.45, 2.75) is 78.6 Å². The second-order valence-electron chi connectivity index (χ2n) is 25.0. The summed E-state index contributed by atoms with van der Waals surface area (Å²) in [5, 5.41) is 7.26. The summed E-state index contributed by atoms with van der Waals surface area (Å²) in [5.41, 5.74) is 21.0. The molecule has 0 radical (unpaired) electrons. The predicted molar refractivity (Wildman–Crippen MR) is 331 cm³/mol. The molecule has 2 aliphatic heterocycles. The number of para-hydroxylation sites is 6. The minimum absolute atomic E-state index is 0.00881. The van der Waals surface area contributed by atoms with Crippen LogP contribution in [0, 0.1) is 0 Å². The molecule has 2 aliphatic rings. The Morgan fingerprint density at radius 1 is 0.321 bits per heavy atom. The summed E-state index contributed by atoms with van der Waals surface area (Å²) >= 11 is 0. The Kier molecular flexibility index (Phi) is 9.78. The van der Waals surface area contributed by atoms with Crippen molar-refractivity contribution < 1.29 is 4.74 Å². The zero-order valence-corrected chi connectivity index (χ0v) is 45.9. The number of hydrogen-bond acceptors (Lipinski definition) is 2. The van der Waals surface area contributed by atoms with Gasteiger partial charge in [-0.1, -0.05) is 196 Å². The molecule has 10 aromatic carbocycles. The van der Waals surface area contributed by atoms with Crippen molar-refractivity contribution in [1.82, 2.24) is 13.7 Å². The van der Waals surface area contributed by atoms with Crippen LogP contribution >= 0.6 is 0 Å². The van der Waals surface area contributed by atoms with Crippen molar-refractivity contribution in [2.24, 2.45) is 0 Å². The van der Waals surface area contributed by atoms with Crippen molar-refractivity contribution in [1.29, 1.82) is 0 Å². The number of benzene rings is 10. The molecule has 0 spiro atoms. The van der Waals surface area contributed by atoms with Crippen molar-refractivity contribution in [3.8, 4) is 28.6 Å². The Balaban J connectivity index is 1.11. The molecular formula is C72H61BN4O. The van der Waals surface area contributed by atoms with E-state index >= 15 is 0 Å². The smallest absolute Gasteiger partial charge is 0.256 e. The van der Waals surface area contributed by atoms with E-state index in [1.807, 2.05) is 0 Å². The van der Waals surface area contributed by atoms with Crippen LogP contribution in [-0.4, -0.2) is 20.4 Å². The lowest BCUT2D eigenvalue weighted by molar-refractivity contribution is 0.486. The fourth-order valence-electron chi connectivity index (χ4n) is 13.3. The molecule has 5 heterocycles. The van der Waals surface area contributed by atoms with E-state index in [0.717, 1.165) is 51.0 Å². The first-order chi connectivity index (χ1) is 37.6. The van der Waals surface area contributed by atoms with E-state index in [1.54, 1.807) is 0 Å². The Labute approximate surface area is 456 Å². The SMILES string of the molecule is CC(C)(C)c1ccc(N2c3ccc(C(C)(C)C)cc3B3c4cc(C(C)(C)C)ccc4Oc4cc(-n5c6c(-n7c8ccccc8c8ccccc87)cccc6c6cccc(-n7c8ccccc8c8ccccc87)c65)cc2c43)cc1. The largest absolute Gasteiger partial charge is 0.458 e. The summed E-state index contributed by atoms with van der Waals surface area (Å²) in [6.45, 7) is 20.7. The van der Waals surface area contributed by atoms with Gasteiger partial charge in [-0.15, -0.1) is 0 Å². The third kappa shape index (κ3) is 6.74. The van der Waals surface area contributed by atoms with Gasteiger partial charge >= 0.3 is 0 Å². The summed E-state index contributed by atoms with van der Waals surface area (Å²) in [6, 6.07) is 77.6. The summed E-state index contributed by atoms with van der Waals surface area (Å²) in [5.74, 6) is 1.77. The van der Waals surface area contributed by atoms with Gasteiger partial charge in [0, 0.05) is 55.4 Å². The van der Waals surface area contributed by atoms with Crippen LogP contribution in [0.2, 0.25) is 0 Å². The summed E-state index contributed by atoms with van der Waals surface area (Å²) < 4.78 is 15.1. The van der Waals surface area contributed by atoms with Crippen LogP contribution in [0.25, 0.3) is 82.5 Å². The number of aromatic nitrogens is 3. The average Bonchev–Trinajstić information content (AvgIpc) is 4.19. The number of hydrogen-bond donors (Lipinski definition) is 0. The fraction of sp³-hybridized carbons (Fsp3) is 0.167. The predicted octanol–water partition coefficient (Wildman–Crippen LogP) is 17.3. The van der Waals surface area contributed by atoms with Crippen LogP contribution in [0.4, 0.5) is 17.1 Å². The molecule has 3 aromatic heterocycles. The minimum Gasteiger partial charge on any atom is -0.458 e. The van der Waals surface area contributed by atoms with Crippen LogP contribution in [0.3, 0.4) is 0 Å². The lowest BCUT2D eigenvalue weighted by atomic mass is 9.33. The van der Waals surface area contributed by atoms with Crippen LogP contribution in [0.5, 0.6) is 11.5 Å². The van der Waals surface area contributed by atoms with Gasteiger partial charge in [-0.3, -0.25) is 0 Å². The van der Waals surface area contributed by atoms with E-state index in [2.05, 4.69) is 287 Å². The van der Waals surface area contributed by atoms with Gasteiger partial charge in [-0.2, -0.15) is 0 Å². The third-order valence-electron chi connectivity index (χ3n) is 17.1. The van der Waals surface area contributed by atoms with E-state index in [4.69, 9.17) is 4.74 Å². The Morgan fingerprint density at radius 3 is 1.24 bits per heavy atom. The van der Waals surface area contributed by atoms with Gasteiger partial charge in [0.25, 0.3) is 6.71 Å². The topological polar surface area (TPSA) is 27.3 Å². The standard InChI is InChI=1S/C72H61BN4O/c1-70(2,3)44-32-36-47(37-33-44)74-61-38-34-45(71(4,5)6)40-55(61)73-56-41-46(72(7,8)9)35-39-65(56)78-66-43-48(42-64(74)67(66)73)75-68-53(24-18-30-62(68)76-57-26-14-10-20-49(57)50-21-11-15-27-58(50)76)54-25-19-31-63(69(54)75)77-59-28-16-12-22-51(59)52-23-13-17-29-60(52)77/h10-43H,1-9H3. The van der Waals surface area contributed by atoms with E-state index in [9.17, 15) is 0 Å². The van der Waals surface area contributed by atoms with E-state index in [-0.39, 0.29) is 23.0 Å². The summed E-state index contributed by atoms with van der Waals surface area (Å²) in [7, 11) is 0. The maximum atomic E-state index is 7.50. The highest BCUT2D eigenvalue weighted by Gasteiger charge is 2.44. The summed E-state index contributed by atoms with van der Waals surface area (Å²) in [6.07, 6.45) is 0. The minimum atomic E-state index is -0.0861. The Bertz CT molecular complexity index is 4380. The lowest BCUT2D eigenvalue weighted by Gasteiger charge is -2.41. The number of nitrogens with zero attached hydrogens (tertiary/aromatic N) is 4. The molecule has 0 atom stereocenters. The van der Waals surface area contributed by atoms with Crippen LogP contribution < -0.4 is 26.0 Å².